The molecule has 1 aromatic rings. The Morgan fingerprint density at radius 1 is 1.35 bits per heavy atom. The molecule has 1 aliphatic heterocycles. The standard InChI is InChI=1S/C15H24N4O/c1-3-7-12(2)15(20)16-10-9-14-18-17-13-8-5-4-6-11-19(13)14/h7H,3-6,8-11H2,1-2H3,(H,16,20). The van der Waals surface area contributed by atoms with Crippen LogP contribution in [0, 0.1) is 0 Å². The second-order valence-corrected chi connectivity index (χ2v) is 5.30. The van der Waals surface area contributed by atoms with Gasteiger partial charge >= 0.3 is 0 Å². The van der Waals surface area contributed by atoms with Gasteiger partial charge in [0.2, 0.25) is 5.91 Å². The monoisotopic (exact) mass is 276 g/mol. The van der Waals surface area contributed by atoms with Crippen LogP contribution in [0.3, 0.4) is 0 Å². The van der Waals surface area contributed by atoms with Gasteiger partial charge in [0.15, 0.2) is 0 Å². The van der Waals surface area contributed by atoms with E-state index in [-0.39, 0.29) is 5.91 Å². The second kappa shape index (κ2) is 7.22. The molecule has 1 aromatic heterocycles. The number of hydrogen-bond donors (Lipinski definition) is 1. The summed E-state index contributed by atoms with van der Waals surface area (Å²) in [6.07, 6.45) is 8.27. The van der Waals surface area contributed by atoms with E-state index in [0.29, 0.717) is 6.54 Å². The molecular formula is C15H24N4O. The topological polar surface area (TPSA) is 59.8 Å². The smallest absolute Gasteiger partial charge is 0.246 e. The third-order valence-electron chi connectivity index (χ3n) is 3.69. The number of hydrogen-bond acceptors (Lipinski definition) is 3. The van der Waals surface area contributed by atoms with Crippen LogP contribution in [0.2, 0.25) is 0 Å². The number of fused-ring (bicyclic) bond motifs is 1. The molecule has 0 saturated carbocycles. The normalized spacial score (nSPS) is 15.6. The SMILES string of the molecule is CCC=C(C)C(=O)NCCc1nnc2n1CCCCC2. The lowest BCUT2D eigenvalue weighted by atomic mass is 10.2. The first-order valence-electron chi connectivity index (χ1n) is 7.58. The maximum absolute atomic E-state index is 11.8. The van der Waals surface area contributed by atoms with Gasteiger partial charge in [0, 0.05) is 31.5 Å². The van der Waals surface area contributed by atoms with Gasteiger partial charge in [-0.1, -0.05) is 19.4 Å². The number of allylic oxidation sites excluding steroid dienone is 1. The van der Waals surface area contributed by atoms with Crippen LogP contribution in [0.1, 0.15) is 51.2 Å². The van der Waals surface area contributed by atoms with E-state index in [2.05, 4.69) is 20.1 Å². The highest BCUT2D eigenvalue weighted by atomic mass is 16.1. The Bertz CT molecular complexity index is 490. The Kier molecular flexibility index (Phi) is 5.32. The fourth-order valence-electron chi connectivity index (χ4n) is 2.56. The van der Waals surface area contributed by atoms with Crippen LogP contribution < -0.4 is 5.32 Å². The summed E-state index contributed by atoms with van der Waals surface area (Å²) in [7, 11) is 0. The summed E-state index contributed by atoms with van der Waals surface area (Å²) in [5.74, 6) is 2.12. The lowest BCUT2D eigenvalue weighted by Gasteiger charge is -2.08. The predicted octanol–water partition coefficient (Wildman–Crippen LogP) is 2.02. The van der Waals surface area contributed by atoms with Gasteiger partial charge in [-0.05, 0) is 26.2 Å². The zero-order chi connectivity index (χ0) is 14.4. The molecule has 5 nitrogen and oxygen atoms in total. The molecule has 5 heteroatoms. The fourth-order valence-corrected chi connectivity index (χ4v) is 2.56. The Labute approximate surface area is 120 Å². The highest BCUT2D eigenvalue weighted by Gasteiger charge is 2.14. The first-order valence-corrected chi connectivity index (χ1v) is 7.58. The van der Waals surface area contributed by atoms with E-state index < -0.39 is 0 Å². The number of rotatable bonds is 5. The summed E-state index contributed by atoms with van der Waals surface area (Å²) in [4.78, 5) is 11.8. The zero-order valence-electron chi connectivity index (χ0n) is 12.5. The molecule has 1 N–H and O–H groups in total. The quantitative estimate of drug-likeness (QED) is 0.837. The number of nitrogens with zero attached hydrogens (tertiary/aromatic N) is 3. The van der Waals surface area contributed by atoms with E-state index in [1.807, 2.05) is 19.9 Å². The Balaban J connectivity index is 1.87. The van der Waals surface area contributed by atoms with E-state index in [9.17, 15) is 4.79 Å². The molecule has 2 rings (SSSR count). The molecule has 1 amide bonds. The molecule has 0 saturated heterocycles. The van der Waals surface area contributed by atoms with Crippen molar-refractivity contribution >= 4 is 5.91 Å². The molecule has 0 unspecified atom stereocenters. The Hall–Kier alpha value is -1.65. The first kappa shape index (κ1) is 14.8. The van der Waals surface area contributed by atoms with Gasteiger partial charge in [-0.2, -0.15) is 0 Å². The van der Waals surface area contributed by atoms with Crippen molar-refractivity contribution in [2.45, 2.75) is 58.9 Å². The Morgan fingerprint density at radius 3 is 3.00 bits per heavy atom. The summed E-state index contributed by atoms with van der Waals surface area (Å²) < 4.78 is 2.23. The molecule has 0 aliphatic carbocycles. The molecule has 0 bridgehead atoms. The average molecular weight is 276 g/mol. The number of carbonyl (C=O) groups excluding carboxylic acids is 1. The van der Waals surface area contributed by atoms with Crippen LogP contribution in [-0.4, -0.2) is 27.2 Å². The van der Waals surface area contributed by atoms with Crippen molar-refractivity contribution in [1.82, 2.24) is 20.1 Å². The zero-order valence-corrected chi connectivity index (χ0v) is 12.5. The molecule has 0 fully saturated rings. The largest absolute Gasteiger partial charge is 0.352 e. The van der Waals surface area contributed by atoms with Crippen molar-refractivity contribution in [2.24, 2.45) is 0 Å². The number of nitrogens with one attached hydrogen (secondary N) is 1. The van der Waals surface area contributed by atoms with Crippen molar-refractivity contribution in [1.29, 1.82) is 0 Å². The van der Waals surface area contributed by atoms with Crippen LogP contribution in [0.5, 0.6) is 0 Å². The van der Waals surface area contributed by atoms with Gasteiger partial charge in [-0.15, -0.1) is 10.2 Å². The minimum atomic E-state index is 0.0162. The highest BCUT2D eigenvalue weighted by Crippen LogP contribution is 2.14. The van der Waals surface area contributed by atoms with Gasteiger partial charge in [0.25, 0.3) is 0 Å². The second-order valence-electron chi connectivity index (χ2n) is 5.30. The van der Waals surface area contributed by atoms with E-state index in [0.717, 1.165) is 43.0 Å². The summed E-state index contributed by atoms with van der Waals surface area (Å²) >= 11 is 0. The molecule has 0 spiro atoms. The van der Waals surface area contributed by atoms with Crippen molar-refractivity contribution < 1.29 is 4.79 Å². The first-order chi connectivity index (χ1) is 9.72. The van der Waals surface area contributed by atoms with E-state index in [4.69, 9.17) is 0 Å². The van der Waals surface area contributed by atoms with E-state index in [1.54, 1.807) is 0 Å². The van der Waals surface area contributed by atoms with Crippen LogP contribution in [0.25, 0.3) is 0 Å². The van der Waals surface area contributed by atoms with Crippen LogP contribution >= 0.6 is 0 Å². The lowest BCUT2D eigenvalue weighted by Crippen LogP contribution is -2.27. The van der Waals surface area contributed by atoms with E-state index >= 15 is 0 Å². The number of aromatic nitrogens is 3. The molecule has 20 heavy (non-hydrogen) atoms. The average Bonchev–Trinajstić information content (AvgIpc) is 2.68. The summed E-state index contributed by atoms with van der Waals surface area (Å²) in [5.41, 5.74) is 0.785. The van der Waals surface area contributed by atoms with Crippen molar-refractivity contribution in [3.8, 4) is 0 Å². The van der Waals surface area contributed by atoms with Crippen molar-refractivity contribution in [3.63, 3.8) is 0 Å². The third-order valence-corrected chi connectivity index (χ3v) is 3.69. The number of amides is 1. The maximum Gasteiger partial charge on any atom is 0.246 e. The minimum absolute atomic E-state index is 0.0162. The van der Waals surface area contributed by atoms with Crippen LogP contribution in [0.15, 0.2) is 11.6 Å². The van der Waals surface area contributed by atoms with Gasteiger partial charge in [0.05, 0.1) is 0 Å². The molecule has 0 atom stereocenters. The molecule has 0 aromatic carbocycles. The highest BCUT2D eigenvalue weighted by molar-refractivity contribution is 5.92. The van der Waals surface area contributed by atoms with Gasteiger partial charge in [0.1, 0.15) is 11.6 Å². The van der Waals surface area contributed by atoms with Gasteiger partial charge < -0.3 is 9.88 Å². The molecule has 1 aliphatic rings. The summed E-state index contributed by atoms with van der Waals surface area (Å²) in [6.45, 7) is 5.51. The molecule has 0 radical (unpaired) electrons. The molecule has 2 heterocycles. The van der Waals surface area contributed by atoms with Crippen LogP contribution in [-0.2, 0) is 24.2 Å². The van der Waals surface area contributed by atoms with Crippen LogP contribution in [0.4, 0.5) is 0 Å². The third kappa shape index (κ3) is 3.68. The summed E-state index contributed by atoms with van der Waals surface area (Å²) in [5, 5.41) is 11.5. The maximum atomic E-state index is 11.8. The van der Waals surface area contributed by atoms with Gasteiger partial charge in [-0.25, -0.2) is 0 Å². The summed E-state index contributed by atoms with van der Waals surface area (Å²) in [6, 6.07) is 0. The number of carbonyl (C=O) groups is 1. The van der Waals surface area contributed by atoms with E-state index in [1.165, 1.54) is 19.3 Å². The number of aryl methyl sites for hydroxylation is 1. The lowest BCUT2D eigenvalue weighted by molar-refractivity contribution is -0.117. The fraction of sp³-hybridized carbons (Fsp3) is 0.667. The molecular weight excluding hydrogens is 252 g/mol. The van der Waals surface area contributed by atoms with Gasteiger partial charge in [-0.3, -0.25) is 4.79 Å². The predicted molar refractivity (Wildman–Crippen MR) is 78.3 cm³/mol. The Morgan fingerprint density at radius 2 is 2.20 bits per heavy atom. The van der Waals surface area contributed by atoms with Crippen molar-refractivity contribution in [3.05, 3.63) is 23.3 Å². The minimum Gasteiger partial charge on any atom is -0.352 e. The van der Waals surface area contributed by atoms with Crippen molar-refractivity contribution in [2.75, 3.05) is 6.54 Å². The molecule has 110 valence electrons.